The summed E-state index contributed by atoms with van der Waals surface area (Å²) in [6, 6.07) is 6.45. The number of phenols is 1. The van der Waals surface area contributed by atoms with Crippen molar-refractivity contribution in [1.82, 2.24) is 0 Å². The molecule has 3 heteroatoms. The Bertz CT molecular complexity index is 409. The van der Waals surface area contributed by atoms with Gasteiger partial charge in [0.2, 0.25) is 0 Å². The molecule has 0 unspecified atom stereocenters. The van der Waals surface area contributed by atoms with Crippen LogP contribution in [0.15, 0.2) is 18.2 Å². The van der Waals surface area contributed by atoms with Crippen LogP contribution in [-0.4, -0.2) is 11.0 Å². The predicted molar refractivity (Wildman–Crippen MR) is 50.4 cm³/mol. The first-order valence-corrected chi connectivity index (χ1v) is 4.09. The van der Waals surface area contributed by atoms with Gasteiger partial charge in [0, 0.05) is 0 Å². The summed E-state index contributed by atoms with van der Waals surface area (Å²) >= 11 is 5.36. The lowest BCUT2D eigenvalue weighted by molar-refractivity contribution is 0.473. The van der Waals surface area contributed by atoms with Gasteiger partial charge in [-0.2, -0.15) is 5.26 Å². The van der Waals surface area contributed by atoms with Gasteiger partial charge in [-0.1, -0.05) is 11.8 Å². The van der Waals surface area contributed by atoms with Gasteiger partial charge in [-0.3, -0.25) is 0 Å². The third-order valence-electron chi connectivity index (χ3n) is 1.42. The van der Waals surface area contributed by atoms with E-state index in [2.05, 4.69) is 11.8 Å². The molecule has 1 aromatic carbocycles. The van der Waals surface area contributed by atoms with Crippen molar-refractivity contribution in [2.75, 3.05) is 5.88 Å². The Morgan fingerprint density at radius 1 is 1.46 bits per heavy atom. The molecule has 1 rings (SSSR count). The molecule has 64 valence electrons. The van der Waals surface area contributed by atoms with Gasteiger partial charge in [0.25, 0.3) is 0 Å². The maximum atomic E-state index is 9.30. The first kappa shape index (κ1) is 9.45. The summed E-state index contributed by atoms with van der Waals surface area (Å²) in [5.41, 5.74) is 0.899. The van der Waals surface area contributed by atoms with Crippen LogP contribution in [0.3, 0.4) is 0 Å². The standard InChI is InChI=1S/C10H6ClNO/c11-5-1-2-9-6-8(7-12)3-4-10(9)13/h3-4,6,13H,5H2. The number of nitriles is 1. The van der Waals surface area contributed by atoms with Gasteiger partial charge in [0.15, 0.2) is 0 Å². The molecule has 0 saturated carbocycles. The van der Waals surface area contributed by atoms with Gasteiger partial charge in [-0.25, -0.2) is 0 Å². The quantitative estimate of drug-likeness (QED) is 0.503. The molecule has 0 amide bonds. The molecule has 0 aliphatic heterocycles. The van der Waals surface area contributed by atoms with Crippen molar-refractivity contribution >= 4 is 11.6 Å². The van der Waals surface area contributed by atoms with Gasteiger partial charge >= 0.3 is 0 Å². The van der Waals surface area contributed by atoms with Crippen molar-refractivity contribution in [3.63, 3.8) is 0 Å². The summed E-state index contributed by atoms with van der Waals surface area (Å²) in [5.74, 6) is 5.53. The molecular weight excluding hydrogens is 186 g/mol. The molecule has 13 heavy (non-hydrogen) atoms. The highest BCUT2D eigenvalue weighted by atomic mass is 35.5. The molecule has 0 bridgehead atoms. The van der Waals surface area contributed by atoms with Crippen molar-refractivity contribution in [3.05, 3.63) is 29.3 Å². The largest absolute Gasteiger partial charge is 0.507 e. The van der Waals surface area contributed by atoms with Crippen LogP contribution in [0.2, 0.25) is 0 Å². The second-order valence-corrected chi connectivity index (χ2v) is 2.55. The topological polar surface area (TPSA) is 44.0 Å². The maximum absolute atomic E-state index is 9.30. The normalized spacial score (nSPS) is 8.31. The van der Waals surface area contributed by atoms with Gasteiger partial charge in [-0.15, -0.1) is 11.6 Å². The fourth-order valence-electron chi connectivity index (χ4n) is 0.834. The van der Waals surface area contributed by atoms with Gasteiger partial charge < -0.3 is 5.11 Å². The molecule has 0 radical (unpaired) electrons. The lowest BCUT2D eigenvalue weighted by Gasteiger charge is -1.95. The number of alkyl halides is 1. The minimum absolute atomic E-state index is 0.0663. The summed E-state index contributed by atoms with van der Waals surface area (Å²) in [5, 5.41) is 17.9. The summed E-state index contributed by atoms with van der Waals surface area (Å²) in [6.07, 6.45) is 0. The van der Waals surface area contributed by atoms with Crippen LogP contribution in [0.5, 0.6) is 5.75 Å². The Morgan fingerprint density at radius 2 is 2.23 bits per heavy atom. The third kappa shape index (κ3) is 2.40. The van der Waals surface area contributed by atoms with Crippen LogP contribution >= 0.6 is 11.6 Å². The first-order chi connectivity index (χ1) is 6.27. The van der Waals surface area contributed by atoms with E-state index < -0.39 is 0 Å². The third-order valence-corrected chi connectivity index (χ3v) is 1.55. The molecule has 2 nitrogen and oxygen atoms in total. The zero-order valence-corrected chi connectivity index (χ0v) is 7.47. The minimum atomic E-state index is 0.0663. The SMILES string of the molecule is N#Cc1ccc(O)c(C#CCCl)c1. The Labute approximate surface area is 81.4 Å². The summed E-state index contributed by atoms with van der Waals surface area (Å²) in [7, 11) is 0. The van der Waals surface area contributed by atoms with Crippen LogP contribution in [0.4, 0.5) is 0 Å². The first-order valence-electron chi connectivity index (χ1n) is 3.56. The fraction of sp³-hybridized carbons (Fsp3) is 0.100. The zero-order chi connectivity index (χ0) is 9.68. The molecule has 1 aromatic rings. The molecule has 0 aliphatic rings. The monoisotopic (exact) mass is 191 g/mol. The highest BCUT2D eigenvalue weighted by Crippen LogP contribution is 2.16. The summed E-state index contributed by atoms with van der Waals surface area (Å²) in [6.45, 7) is 0. The number of benzene rings is 1. The van der Waals surface area contributed by atoms with Crippen molar-refractivity contribution in [1.29, 1.82) is 5.26 Å². The summed E-state index contributed by atoms with van der Waals surface area (Å²) < 4.78 is 0. The van der Waals surface area contributed by atoms with E-state index in [1.807, 2.05) is 6.07 Å². The highest BCUT2D eigenvalue weighted by Gasteiger charge is 1.98. The second kappa shape index (κ2) is 4.40. The van der Waals surface area contributed by atoms with Gasteiger partial charge in [-0.05, 0) is 18.2 Å². The number of rotatable bonds is 0. The van der Waals surface area contributed by atoms with E-state index in [9.17, 15) is 5.11 Å². The minimum Gasteiger partial charge on any atom is -0.507 e. The molecule has 0 heterocycles. The van der Waals surface area contributed by atoms with Crippen LogP contribution in [0, 0.1) is 23.2 Å². The lowest BCUT2D eigenvalue weighted by Crippen LogP contribution is -1.80. The van der Waals surface area contributed by atoms with E-state index in [-0.39, 0.29) is 11.6 Å². The Morgan fingerprint density at radius 3 is 2.85 bits per heavy atom. The van der Waals surface area contributed by atoms with Gasteiger partial charge in [0.1, 0.15) is 5.75 Å². The van der Waals surface area contributed by atoms with Crippen LogP contribution in [-0.2, 0) is 0 Å². The van der Waals surface area contributed by atoms with Crippen LogP contribution in [0.25, 0.3) is 0 Å². The number of aromatic hydroxyl groups is 1. The Balaban J connectivity index is 3.13. The molecule has 0 saturated heterocycles. The molecular formula is C10H6ClNO. The maximum Gasteiger partial charge on any atom is 0.131 e. The number of hydrogen-bond acceptors (Lipinski definition) is 2. The van der Waals surface area contributed by atoms with E-state index in [0.29, 0.717) is 11.1 Å². The van der Waals surface area contributed by atoms with Crippen molar-refractivity contribution in [2.45, 2.75) is 0 Å². The Kier molecular flexibility index (Phi) is 3.20. The van der Waals surface area contributed by atoms with Crippen molar-refractivity contribution in [3.8, 4) is 23.7 Å². The lowest BCUT2D eigenvalue weighted by atomic mass is 10.1. The van der Waals surface area contributed by atoms with E-state index in [1.54, 1.807) is 0 Å². The van der Waals surface area contributed by atoms with E-state index >= 15 is 0 Å². The van der Waals surface area contributed by atoms with E-state index in [0.717, 1.165) is 0 Å². The fourth-order valence-corrected chi connectivity index (χ4v) is 0.901. The van der Waals surface area contributed by atoms with Crippen LogP contribution in [0.1, 0.15) is 11.1 Å². The Hall–Kier alpha value is -1.64. The zero-order valence-electron chi connectivity index (χ0n) is 6.71. The highest BCUT2D eigenvalue weighted by molar-refractivity contribution is 6.19. The number of nitrogens with zero attached hydrogens (tertiary/aromatic N) is 1. The predicted octanol–water partition coefficient (Wildman–Crippen LogP) is 1.85. The number of halogens is 1. The van der Waals surface area contributed by atoms with Crippen LogP contribution < -0.4 is 0 Å². The number of hydrogen-bond donors (Lipinski definition) is 1. The van der Waals surface area contributed by atoms with Crippen molar-refractivity contribution in [2.24, 2.45) is 0 Å². The van der Waals surface area contributed by atoms with Gasteiger partial charge in [0.05, 0.1) is 23.1 Å². The molecule has 0 spiro atoms. The number of phenolic OH excluding ortho intramolecular Hbond substituents is 1. The van der Waals surface area contributed by atoms with E-state index in [4.69, 9.17) is 16.9 Å². The molecule has 0 atom stereocenters. The summed E-state index contributed by atoms with van der Waals surface area (Å²) in [4.78, 5) is 0. The molecule has 0 aliphatic carbocycles. The van der Waals surface area contributed by atoms with Crippen molar-refractivity contribution < 1.29 is 5.11 Å². The average Bonchev–Trinajstić information content (AvgIpc) is 2.17. The molecule has 0 aromatic heterocycles. The molecule has 1 N–H and O–H groups in total. The average molecular weight is 192 g/mol. The molecule has 0 fully saturated rings. The second-order valence-electron chi connectivity index (χ2n) is 2.28. The van der Waals surface area contributed by atoms with E-state index in [1.165, 1.54) is 18.2 Å². The smallest absolute Gasteiger partial charge is 0.131 e.